The number of aliphatic carboxylic acids is 1. The summed E-state index contributed by atoms with van der Waals surface area (Å²) in [6.45, 7) is 1.92. The van der Waals surface area contributed by atoms with Gasteiger partial charge in [-0.3, -0.25) is 9.59 Å². The van der Waals surface area contributed by atoms with Gasteiger partial charge in [-0.05, 0) is 30.0 Å². The SMILES string of the molecule is CC(CC(=O)O)Cc1ccc2c(c1)C(=O)CCS2. The normalized spacial score (nSPS) is 16.2. The largest absolute Gasteiger partial charge is 0.481 e. The first-order valence-corrected chi connectivity index (χ1v) is 7.05. The number of carboxylic acids is 1. The Hall–Kier alpha value is -1.29. The van der Waals surface area contributed by atoms with Gasteiger partial charge in [-0.15, -0.1) is 11.8 Å². The Morgan fingerprint density at radius 2 is 2.28 bits per heavy atom. The number of carbonyl (C=O) groups is 2. The molecule has 2 rings (SSSR count). The van der Waals surface area contributed by atoms with Gasteiger partial charge in [-0.1, -0.05) is 13.0 Å². The summed E-state index contributed by atoms with van der Waals surface area (Å²) >= 11 is 1.72. The highest BCUT2D eigenvalue weighted by atomic mass is 32.2. The second-order valence-corrected chi connectivity index (χ2v) is 5.90. The quantitative estimate of drug-likeness (QED) is 0.908. The first-order chi connectivity index (χ1) is 8.56. The number of hydrogen-bond donors (Lipinski definition) is 1. The fourth-order valence-corrected chi connectivity index (χ4v) is 3.21. The maximum Gasteiger partial charge on any atom is 0.303 e. The lowest BCUT2D eigenvalue weighted by Gasteiger charge is -2.16. The molecule has 0 fully saturated rings. The van der Waals surface area contributed by atoms with Crippen LogP contribution in [0.3, 0.4) is 0 Å². The number of rotatable bonds is 4. The van der Waals surface area contributed by atoms with E-state index in [9.17, 15) is 9.59 Å². The number of ketones is 1. The summed E-state index contributed by atoms with van der Waals surface area (Å²) in [5.41, 5.74) is 1.87. The van der Waals surface area contributed by atoms with Gasteiger partial charge in [0, 0.05) is 29.1 Å². The number of thioether (sulfide) groups is 1. The highest BCUT2D eigenvalue weighted by molar-refractivity contribution is 7.99. The van der Waals surface area contributed by atoms with Crippen molar-refractivity contribution in [2.24, 2.45) is 5.92 Å². The van der Waals surface area contributed by atoms with Gasteiger partial charge in [0.15, 0.2) is 5.78 Å². The van der Waals surface area contributed by atoms with Crippen LogP contribution in [0.15, 0.2) is 23.1 Å². The molecule has 1 N–H and O–H groups in total. The van der Waals surface area contributed by atoms with Crippen LogP contribution in [-0.2, 0) is 11.2 Å². The third kappa shape index (κ3) is 3.13. The molecule has 0 aromatic heterocycles. The van der Waals surface area contributed by atoms with Crippen LogP contribution in [-0.4, -0.2) is 22.6 Å². The molecule has 0 saturated carbocycles. The van der Waals surface area contributed by atoms with Gasteiger partial charge < -0.3 is 5.11 Å². The minimum atomic E-state index is -0.771. The molecule has 0 saturated heterocycles. The van der Waals surface area contributed by atoms with Crippen LogP contribution in [0.25, 0.3) is 0 Å². The van der Waals surface area contributed by atoms with Crippen molar-refractivity contribution < 1.29 is 14.7 Å². The zero-order valence-corrected chi connectivity index (χ0v) is 11.1. The third-order valence-electron chi connectivity index (χ3n) is 3.04. The van der Waals surface area contributed by atoms with Crippen LogP contribution in [0.4, 0.5) is 0 Å². The molecular weight excluding hydrogens is 248 g/mol. The molecule has 0 amide bonds. The molecule has 18 heavy (non-hydrogen) atoms. The van der Waals surface area contributed by atoms with E-state index in [1.54, 1.807) is 11.8 Å². The first-order valence-electron chi connectivity index (χ1n) is 6.07. The van der Waals surface area contributed by atoms with E-state index >= 15 is 0 Å². The molecule has 1 aliphatic heterocycles. The Labute approximate surface area is 111 Å². The number of fused-ring (bicyclic) bond motifs is 1. The lowest BCUT2D eigenvalue weighted by molar-refractivity contribution is -0.137. The molecule has 3 nitrogen and oxygen atoms in total. The van der Waals surface area contributed by atoms with Crippen molar-refractivity contribution >= 4 is 23.5 Å². The van der Waals surface area contributed by atoms with E-state index < -0.39 is 5.97 Å². The van der Waals surface area contributed by atoms with Crippen LogP contribution >= 0.6 is 11.8 Å². The maximum atomic E-state index is 11.8. The number of hydrogen-bond acceptors (Lipinski definition) is 3. The van der Waals surface area contributed by atoms with Crippen molar-refractivity contribution in [1.82, 2.24) is 0 Å². The zero-order valence-electron chi connectivity index (χ0n) is 10.3. The minimum absolute atomic E-state index is 0.0897. The Balaban J connectivity index is 2.13. The van der Waals surface area contributed by atoms with Gasteiger partial charge >= 0.3 is 5.97 Å². The highest BCUT2D eigenvalue weighted by Gasteiger charge is 2.18. The Bertz CT molecular complexity index is 482. The van der Waals surface area contributed by atoms with Crippen LogP contribution in [0.5, 0.6) is 0 Å². The third-order valence-corrected chi connectivity index (χ3v) is 4.11. The average molecular weight is 264 g/mol. The summed E-state index contributed by atoms with van der Waals surface area (Å²) in [7, 11) is 0. The van der Waals surface area contributed by atoms with Crippen molar-refractivity contribution in [2.45, 2.75) is 31.1 Å². The molecular formula is C14H16O3S. The van der Waals surface area contributed by atoms with Gasteiger partial charge in [-0.25, -0.2) is 0 Å². The van der Waals surface area contributed by atoms with E-state index in [1.165, 1.54) is 0 Å². The summed E-state index contributed by atoms with van der Waals surface area (Å²) in [5, 5.41) is 8.74. The minimum Gasteiger partial charge on any atom is -0.481 e. The second-order valence-electron chi connectivity index (χ2n) is 4.76. The predicted molar refractivity (Wildman–Crippen MR) is 71.2 cm³/mol. The van der Waals surface area contributed by atoms with Gasteiger partial charge in [0.2, 0.25) is 0 Å². The van der Waals surface area contributed by atoms with E-state index in [1.807, 2.05) is 25.1 Å². The molecule has 96 valence electrons. The first kappa shape index (κ1) is 13.1. The van der Waals surface area contributed by atoms with Gasteiger partial charge in [0.05, 0.1) is 0 Å². The molecule has 1 heterocycles. The van der Waals surface area contributed by atoms with Crippen LogP contribution in [0, 0.1) is 5.92 Å². The Morgan fingerprint density at radius 1 is 1.50 bits per heavy atom. The van der Waals surface area contributed by atoms with E-state index in [4.69, 9.17) is 5.11 Å². The van der Waals surface area contributed by atoms with Crippen LogP contribution in [0.2, 0.25) is 0 Å². The van der Waals surface area contributed by atoms with Crippen molar-refractivity contribution in [2.75, 3.05) is 5.75 Å². The smallest absolute Gasteiger partial charge is 0.303 e. The number of Topliss-reactive ketones (excluding diaryl/α,β-unsaturated/α-hetero) is 1. The van der Waals surface area contributed by atoms with E-state index in [2.05, 4.69) is 0 Å². The Kier molecular flexibility index (Phi) is 4.07. The number of benzene rings is 1. The Morgan fingerprint density at radius 3 is 3.00 bits per heavy atom. The lowest BCUT2D eigenvalue weighted by Crippen LogP contribution is -2.10. The number of carbonyl (C=O) groups excluding carboxylic acids is 1. The van der Waals surface area contributed by atoms with E-state index in [0.29, 0.717) is 12.8 Å². The predicted octanol–water partition coefficient (Wildman–Crippen LogP) is 3.02. The molecule has 0 radical (unpaired) electrons. The zero-order chi connectivity index (χ0) is 13.1. The van der Waals surface area contributed by atoms with Crippen LogP contribution in [0.1, 0.15) is 35.7 Å². The van der Waals surface area contributed by atoms with Gasteiger partial charge in [0.1, 0.15) is 0 Å². The molecule has 0 spiro atoms. The van der Waals surface area contributed by atoms with Gasteiger partial charge in [0.25, 0.3) is 0 Å². The van der Waals surface area contributed by atoms with Crippen LogP contribution < -0.4 is 0 Å². The highest BCUT2D eigenvalue weighted by Crippen LogP contribution is 2.31. The van der Waals surface area contributed by atoms with Crippen molar-refractivity contribution in [1.29, 1.82) is 0 Å². The summed E-state index contributed by atoms with van der Waals surface area (Å²) in [4.78, 5) is 23.5. The summed E-state index contributed by atoms with van der Waals surface area (Å²) < 4.78 is 0. The van der Waals surface area contributed by atoms with Crippen molar-refractivity contribution in [3.05, 3.63) is 29.3 Å². The fourth-order valence-electron chi connectivity index (χ4n) is 2.21. The fraction of sp³-hybridized carbons (Fsp3) is 0.429. The van der Waals surface area contributed by atoms with E-state index in [-0.39, 0.29) is 18.1 Å². The molecule has 1 aromatic rings. The van der Waals surface area contributed by atoms with Crippen molar-refractivity contribution in [3.63, 3.8) is 0 Å². The molecule has 1 atom stereocenters. The average Bonchev–Trinajstić information content (AvgIpc) is 2.29. The molecule has 1 aliphatic rings. The van der Waals surface area contributed by atoms with Gasteiger partial charge in [-0.2, -0.15) is 0 Å². The second kappa shape index (κ2) is 5.57. The van der Waals surface area contributed by atoms with E-state index in [0.717, 1.165) is 21.8 Å². The summed E-state index contributed by atoms with van der Waals surface area (Å²) in [6.07, 6.45) is 1.48. The molecule has 0 bridgehead atoms. The lowest BCUT2D eigenvalue weighted by atomic mass is 9.95. The molecule has 4 heteroatoms. The molecule has 1 unspecified atom stereocenters. The molecule has 1 aromatic carbocycles. The summed E-state index contributed by atoms with van der Waals surface area (Å²) in [5.74, 6) is 0.385. The molecule has 0 aliphatic carbocycles. The standard InChI is InChI=1S/C14H16O3S/c1-9(7-14(16)17)6-10-2-3-13-11(8-10)12(15)4-5-18-13/h2-3,8-9H,4-7H2,1H3,(H,16,17). The number of carboxylic acid groups (broad SMARTS) is 1. The monoisotopic (exact) mass is 264 g/mol. The topological polar surface area (TPSA) is 54.4 Å². The van der Waals surface area contributed by atoms with Crippen molar-refractivity contribution in [3.8, 4) is 0 Å². The summed E-state index contributed by atoms with van der Waals surface area (Å²) in [6, 6.07) is 5.92. The maximum absolute atomic E-state index is 11.8.